The number of nitrogens with one attached hydrogen (secondary N) is 2. The van der Waals surface area contributed by atoms with Gasteiger partial charge < -0.3 is 15.5 Å². The Morgan fingerprint density at radius 1 is 1.17 bits per heavy atom. The van der Waals surface area contributed by atoms with E-state index in [1.807, 2.05) is 18.2 Å². The number of amides is 2. The predicted octanol–water partition coefficient (Wildman–Crippen LogP) is 3.34. The van der Waals surface area contributed by atoms with Gasteiger partial charge in [-0.3, -0.25) is 9.59 Å². The Labute approximate surface area is 206 Å². The van der Waals surface area contributed by atoms with Gasteiger partial charge in [0.2, 0.25) is 11.9 Å². The number of sulfone groups is 1. The fraction of sp³-hybridized carbons (Fsp3) is 0.250. The molecule has 1 saturated heterocycles. The Balaban J connectivity index is 1.44. The zero-order valence-electron chi connectivity index (χ0n) is 19.1. The molecular formula is C24H23N5O4S2. The Kier molecular flexibility index (Phi) is 5.89. The third-order valence-electron chi connectivity index (χ3n) is 5.86. The van der Waals surface area contributed by atoms with Crippen molar-refractivity contribution in [3.63, 3.8) is 0 Å². The summed E-state index contributed by atoms with van der Waals surface area (Å²) in [6.07, 6.45) is 3.59. The van der Waals surface area contributed by atoms with E-state index in [0.717, 1.165) is 28.1 Å². The van der Waals surface area contributed by atoms with E-state index in [-0.39, 0.29) is 22.8 Å². The Morgan fingerprint density at radius 2 is 2.00 bits per heavy atom. The fourth-order valence-corrected chi connectivity index (χ4v) is 5.91. The molecule has 3 heterocycles. The van der Waals surface area contributed by atoms with Gasteiger partial charge in [-0.1, -0.05) is 6.07 Å². The zero-order chi connectivity index (χ0) is 24.7. The summed E-state index contributed by atoms with van der Waals surface area (Å²) < 4.78 is 24.7. The van der Waals surface area contributed by atoms with Gasteiger partial charge in [-0.05, 0) is 42.8 Å². The second kappa shape index (κ2) is 8.90. The van der Waals surface area contributed by atoms with E-state index in [9.17, 15) is 18.0 Å². The van der Waals surface area contributed by atoms with Crippen LogP contribution in [-0.2, 0) is 14.6 Å². The van der Waals surface area contributed by atoms with E-state index in [0.29, 0.717) is 35.1 Å². The topological polar surface area (TPSA) is 121 Å². The number of nitrogens with zero attached hydrogens (tertiary/aromatic N) is 3. The van der Waals surface area contributed by atoms with E-state index in [1.165, 1.54) is 30.4 Å². The van der Waals surface area contributed by atoms with Gasteiger partial charge in [-0.15, -0.1) is 11.3 Å². The zero-order valence-corrected chi connectivity index (χ0v) is 20.7. The van der Waals surface area contributed by atoms with Crippen LogP contribution in [0.25, 0.3) is 21.0 Å². The van der Waals surface area contributed by atoms with Crippen LogP contribution < -0.4 is 10.6 Å². The van der Waals surface area contributed by atoms with Crippen LogP contribution in [0.3, 0.4) is 0 Å². The predicted molar refractivity (Wildman–Crippen MR) is 136 cm³/mol. The lowest BCUT2D eigenvalue weighted by molar-refractivity contribution is -0.119. The summed E-state index contributed by atoms with van der Waals surface area (Å²) in [5.74, 6) is 0.175. The average Bonchev–Trinajstić information content (AvgIpc) is 3.45. The second-order valence-corrected chi connectivity index (χ2v) is 11.7. The number of rotatable bonds is 5. The molecule has 0 radical (unpaired) electrons. The first kappa shape index (κ1) is 23.2. The van der Waals surface area contributed by atoms with E-state index >= 15 is 0 Å². The minimum atomic E-state index is -3.34. The molecule has 0 bridgehead atoms. The van der Waals surface area contributed by atoms with Crippen LogP contribution in [0.5, 0.6) is 0 Å². The van der Waals surface area contributed by atoms with Crippen molar-refractivity contribution >= 4 is 65.6 Å². The number of hydrogen-bond donors (Lipinski definition) is 2. The van der Waals surface area contributed by atoms with Gasteiger partial charge in [0.25, 0.3) is 5.91 Å². The standard InChI is InChI=1S/C24H23N5O4S2/c1-14(30)26-17-8-9-29(13-17)23(31)21-11-19-20(34-21)7-6-15-12-25-24(28-22(15)19)27-16-4-3-5-18(10-16)35(2,32)33/h3-7,10-12,17H,8-9,13H2,1-2H3,(H,26,30)(H,25,27,28). The largest absolute Gasteiger partial charge is 0.352 e. The van der Waals surface area contributed by atoms with Crippen LogP contribution in [-0.4, -0.2) is 60.5 Å². The highest BCUT2D eigenvalue weighted by atomic mass is 32.2. The van der Waals surface area contributed by atoms with Crippen LogP contribution in [0.2, 0.25) is 0 Å². The van der Waals surface area contributed by atoms with Crippen molar-refractivity contribution in [2.75, 3.05) is 24.7 Å². The molecule has 0 saturated carbocycles. The maximum absolute atomic E-state index is 13.1. The monoisotopic (exact) mass is 509 g/mol. The first-order valence-electron chi connectivity index (χ1n) is 11.0. The third kappa shape index (κ3) is 4.82. The van der Waals surface area contributed by atoms with Crippen LogP contribution in [0.15, 0.2) is 53.6 Å². The molecule has 0 aliphatic carbocycles. The van der Waals surface area contributed by atoms with Crippen LogP contribution in [0.4, 0.5) is 11.6 Å². The van der Waals surface area contributed by atoms with E-state index in [2.05, 4.69) is 20.6 Å². The van der Waals surface area contributed by atoms with Crippen molar-refractivity contribution in [3.05, 3.63) is 53.5 Å². The van der Waals surface area contributed by atoms with Gasteiger partial charge in [0.15, 0.2) is 9.84 Å². The van der Waals surface area contributed by atoms with Crippen molar-refractivity contribution in [3.8, 4) is 0 Å². The van der Waals surface area contributed by atoms with Crippen molar-refractivity contribution in [2.45, 2.75) is 24.3 Å². The summed E-state index contributed by atoms with van der Waals surface area (Å²) in [6, 6.07) is 12.2. The molecule has 180 valence electrons. The summed E-state index contributed by atoms with van der Waals surface area (Å²) >= 11 is 1.41. The number of anilines is 2. The van der Waals surface area contributed by atoms with Gasteiger partial charge in [0, 0.05) is 59.7 Å². The highest BCUT2D eigenvalue weighted by Gasteiger charge is 2.28. The normalized spacial score (nSPS) is 16.1. The molecule has 2 aromatic heterocycles. The van der Waals surface area contributed by atoms with E-state index in [4.69, 9.17) is 0 Å². The molecule has 35 heavy (non-hydrogen) atoms. The average molecular weight is 510 g/mol. The lowest BCUT2D eigenvalue weighted by atomic mass is 10.2. The van der Waals surface area contributed by atoms with Crippen LogP contribution in [0.1, 0.15) is 23.0 Å². The van der Waals surface area contributed by atoms with Crippen molar-refractivity contribution in [1.82, 2.24) is 20.2 Å². The number of hydrogen-bond acceptors (Lipinski definition) is 8. The highest BCUT2D eigenvalue weighted by Crippen LogP contribution is 2.33. The fourth-order valence-electron chi connectivity index (χ4n) is 4.21. The number of aromatic nitrogens is 2. The molecule has 1 fully saturated rings. The molecule has 5 rings (SSSR count). The maximum atomic E-state index is 13.1. The third-order valence-corrected chi connectivity index (χ3v) is 8.06. The maximum Gasteiger partial charge on any atom is 0.264 e. The van der Waals surface area contributed by atoms with Gasteiger partial charge >= 0.3 is 0 Å². The van der Waals surface area contributed by atoms with E-state index in [1.54, 1.807) is 23.2 Å². The number of carbonyl (C=O) groups excluding carboxylic acids is 2. The van der Waals surface area contributed by atoms with Gasteiger partial charge in [-0.2, -0.15) is 0 Å². The molecule has 1 atom stereocenters. The minimum absolute atomic E-state index is 0.0192. The summed E-state index contributed by atoms with van der Waals surface area (Å²) in [5.41, 5.74) is 1.26. The summed E-state index contributed by atoms with van der Waals surface area (Å²) in [5, 5.41) is 7.64. The lowest BCUT2D eigenvalue weighted by Crippen LogP contribution is -2.37. The van der Waals surface area contributed by atoms with Gasteiger partial charge in [-0.25, -0.2) is 18.4 Å². The molecule has 11 heteroatoms. The molecule has 4 aromatic rings. The molecule has 1 aliphatic rings. The summed E-state index contributed by atoms with van der Waals surface area (Å²) in [6.45, 7) is 2.58. The van der Waals surface area contributed by atoms with Crippen LogP contribution >= 0.6 is 11.3 Å². The highest BCUT2D eigenvalue weighted by molar-refractivity contribution is 7.90. The number of likely N-dealkylation sites (tertiary alicyclic amines) is 1. The van der Waals surface area contributed by atoms with Crippen molar-refractivity contribution < 1.29 is 18.0 Å². The summed E-state index contributed by atoms with van der Waals surface area (Å²) in [7, 11) is -3.34. The molecule has 9 nitrogen and oxygen atoms in total. The molecule has 2 N–H and O–H groups in total. The first-order valence-corrected chi connectivity index (χ1v) is 13.7. The SMILES string of the molecule is CC(=O)NC1CCN(C(=O)c2cc3c(ccc4cnc(Nc5cccc(S(C)(=O)=O)c5)nc43)s2)C1. The summed E-state index contributed by atoms with van der Waals surface area (Å²) in [4.78, 5) is 36.1. The van der Waals surface area contributed by atoms with Gasteiger partial charge in [0.1, 0.15) is 0 Å². The Morgan fingerprint density at radius 3 is 2.77 bits per heavy atom. The van der Waals surface area contributed by atoms with Crippen molar-refractivity contribution in [2.24, 2.45) is 0 Å². The molecule has 0 spiro atoms. The molecule has 2 aromatic carbocycles. The number of benzene rings is 2. The Bertz CT molecular complexity index is 1580. The molecule has 2 amide bonds. The number of carbonyl (C=O) groups is 2. The lowest BCUT2D eigenvalue weighted by Gasteiger charge is -2.15. The Hall–Kier alpha value is -3.57. The van der Waals surface area contributed by atoms with Gasteiger partial charge in [0.05, 0.1) is 15.3 Å². The molecular weight excluding hydrogens is 486 g/mol. The van der Waals surface area contributed by atoms with Crippen LogP contribution in [0, 0.1) is 0 Å². The second-order valence-electron chi connectivity index (χ2n) is 8.58. The first-order chi connectivity index (χ1) is 16.7. The molecule has 1 aliphatic heterocycles. The number of fused-ring (bicyclic) bond motifs is 3. The quantitative estimate of drug-likeness (QED) is 0.423. The molecule has 1 unspecified atom stereocenters. The van der Waals surface area contributed by atoms with E-state index < -0.39 is 9.84 Å². The van der Waals surface area contributed by atoms with Crippen molar-refractivity contribution in [1.29, 1.82) is 0 Å². The number of thiophene rings is 1. The minimum Gasteiger partial charge on any atom is -0.352 e. The smallest absolute Gasteiger partial charge is 0.264 e.